The molecule has 0 bridgehead atoms. The van der Waals surface area contributed by atoms with Crippen molar-refractivity contribution in [2.45, 2.75) is 18.4 Å². The van der Waals surface area contributed by atoms with Crippen LogP contribution in [0.2, 0.25) is 0 Å². The van der Waals surface area contributed by atoms with Crippen LogP contribution in [-0.4, -0.2) is 33.5 Å². The number of carbonyl (C=O) groups is 1. The van der Waals surface area contributed by atoms with Gasteiger partial charge in [0.25, 0.3) is 5.91 Å². The molecule has 2 rings (SSSR count). The molecule has 6 heteroatoms. The van der Waals surface area contributed by atoms with E-state index in [1.165, 1.54) is 0 Å². The first-order valence-electron chi connectivity index (χ1n) is 6.08. The Morgan fingerprint density at radius 1 is 1.35 bits per heavy atom. The summed E-state index contributed by atoms with van der Waals surface area (Å²) in [4.78, 5) is 14.5. The smallest absolute Gasteiger partial charge is 0.253 e. The summed E-state index contributed by atoms with van der Waals surface area (Å²) in [5.41, 5.74) is 1.27. The molecule has 2 aromatic rings. The molecule has 1 aromatic carbocycles. The van der Waals surface area contributed by atoms with Crippen LogP contribution < -0.4 is 0 Å². The maximum Gasteiger partial charge on any atom is 0.253 e. The number of aryl methyl sites for hydroxylation is 1. The van der Waals surface area contributed by atoms with Gasteiger partial charge in [0.05, 0.1) is 6.54 Å². The molecule has 20 heavy (non-hydrogen) atoms. The van der Waals surface area contributed by atoms with Gasteiger partial charge in [0.15, 0.2) is 0 Å². The first-order chi connectivity index (χ1) is 9.47. The first kappa shape index (κ1) is 14.5. The molecule has 1 heterocycles. The molecule has 0 spiro atoms. The summed E-state index contributed by atoms with van der Waals surface area (Å²) in [5.74, 6) is 0.606. The van der Waals surface area contributed by atoms with Gasteiger partial charge >= 0.3 is 0 Å². The van der Waals surface area contributed by atoms with Crippen LogP contribution in [0.5, 0.6) is 0 Å². The van der Waals surface area contributed by atoms with Crippen molar-refractivity contribution in [3.63, 3.8) is 0 Å². The molecular formula is C14H16N2O3S. The highest BCUT2D eigenvalue weighted by atomic mass is 32.2. The van der Waals surface area contributed by atoms with E-state index in [1.807, 2.05) is 6.92 Å². The van der Waals surface area contributed by atoms with E-state index in [1.54, 1.807) is 48.5 Å². The van der Waals surface area contributed by atoms with Crippen LogP contribution in [0.25, 0.3) is 0 Å². The Morgan fingerprint density at radius 2 is 2.00 bits per heavy atom. The minimum Gasteiger partial charge on any atom is -0.361 e. The summed E-state index contributed by atoms with van der Waals surface area (Å²) in [6.45, 7) is 2.19. The van der Waals surface area contributed by atoms with E-state index < -0.39 is 10.8 Å². The van der Waals surface area contributed by atoms with Crippen molar-refractivity contribution in [1.82, 2.24) is 10.1 Å². The standard InChI is InChI=1S/C14H16N2O3S/c1-10-8-12(15-19-10)9-16(2)14(17)11-4-6-13(7-5-11)20(3)18/h4-8H,9H2,1-3H3. The molecular weight excluding hydrogens is 276 g/mol. The molecule has 5 nitrogen and oxygen atoms in total. The number of benzene rings is 1. The van der Waals surface area contributed by atoms with E-state index in [2.05, 4.69) is 5.16 Å². The van der Waals surface area contributed by atoms with Crippen LogP contribution >= 0.6 is 0 Å². The van der Waals surface area contributed by atoms with Crippen molar-refractivity contribution in [1.29, 1.82) is 0 Å². The Balaban J connectivity index is 2.08. The van der Waals surface area contributed by atoms with E-state index in [-0.39, 0.29) is 5.91 Å². The molecule has 1 atom stereocenters. The number of nitrogens with zero attached hydrogens (tertiary/aromatic N) is 2. The lowest BCUT2D eigenvalue weighted by molar-refractivity contribution is 0.0782. The molecule has 1 aromatic heterocycles. The average Bonchev–Trinajstić information content (AvgIpc) is 2.83. The maximum atomic E-state index is 12.2. The summed E-state index contributed by atoms with van der Waals surface area (Å²) in [6.07, 6.45) is 1.61. The molecule has 106 valence electrons. The molecule has 1 unspecified atom stereocenters. The van der Waals surface area contributed by atoms with Crippen molar-refractivity contribution >= 4 is 16.7 Å². The van der Waals surface area contributed by atoms with Gasteiger partial charge in [-0.2, -0.15) is 0 Å². The summed E-state index contributed by atoms with van der Waals surface area (Å²) in [6, 6.07) is 8.58. The second kappa shape index (κ2) is 6.00. The van der Waals surface area contributed by atoms with Gasteiger partial charge < -0.3 is 9.42 Å². The largest absolute Gasteiger partial charge is 0.361 e. The van der Waals surface area contributed by atoms with Gasteiger partial charge in [-0.1, -0.05) is 5.16 Å². The SMILES string of the molecule is Cc1cc(CN(C)C(=O)c2ccc(S(C)=O)cc2)no1. The summed E-state index contributed by atoms with van der Waals surface area (Å²) >= 11 is 0. The highest BCUT2D eigenvalue weighted by Gasteiger charge is 2.14. The zero-order valence-electron chi connectivity index (χ0n) is 11.6. The number of carbonyl (C=O) groups excluding carboxylic acids is 1. The lowest BCUT2D eigenvalue weighted by Gasteiger charge is -2.15. The van der Waals surface area contributed by atoms with Gasteiger partial charge in [-0.05, 0) is 31.2 Å². The van der Waals surface area contributed by atoms with Crippen LogP contribution in [-0.2, 0) is 17.3 Å². The molecule has 0 aliphatic rings. The van der Waals surface area contributed by atoms with E-state index in [0.29, 0.717) is 22.7 Å². The number of aromatic nitrogens is 1. The first-order valence-corrected chi connectivity index (χ1v) is 7.64. The molecule has 0 aliphatic heterocycles. The second-order valence-corrected chi connectivity index (χ2v) is 5.95. The highest BCUT2D eigenvalue weighted by Crippen LogP contribution is 2.11. The Bertz CT molecular complexity index is 634. The normalized spacial score (nSPS) is 12.2. The van der Waals surface area contributed by atoms with E-state index >= 15 is 0 Å². The molecule has 0 fully saturated rings. The fourth-order valence-electron chi connectivity index (χ4n) is 1.82. The maximum absolute atomic E-state index is 12.2. The third kappa shape index (κ3) is 3.33. The van der Waals surface area contributed by atoms with Gasteiger partial charge in [0.2, 0.25) is 0 Å². The molecule has 0 saturated heterocycles. The van der Waals surface area contributed by atoms with Crippen molar-refractivity contribution in [2.75, 3.05) is 13.3 Å². The average molecular weight is 292 g/mol. The van der Waals surface area contributed by atoms with Crippen molar-refractivity contribution < 1.29 is 13.5 Å². The Labute approximate surface area is 120 Å². The number of amides is 1. The van der Waals surface area contributed by atoms with Crippen molar-refractivity contribution in [2.24, 2.45) is 0 Å². The molecule has 0 aliphatic carbocycles. The third-order valence-electron chi connectivity index (χ3n) is 2.86. The van der Waals surface area contributed by atoms with Gasteiger partial charge in [0, 0.05) is 40.6 Å². The van der Waals surface area contributed by atoms with Gasteiger partial charge in [0.1, 0.15) is 11.5 Å². The van der Waals surface area contributed by atoms with Crippen LogP contribution in [0.1, 0.15) is 21.8 Å². The van der Waals surface area contributed by atoms with E-state index in [9.17, 15) is 9.00 Å². The van der Waals surface area contributed by atoms with E-state index in [4.69, 9.17) is 4.52 Å². The van der Waals surface area contributed by atoms with Gasteiger partial charge in [-0.15, -0.1) is 0 Å². The third-order valence-corrected chi connectivity index (χ3v) is 3.79. The predicted octanol–water partition coefficient (Wildman–Crippen LogP) is 1.99. The lowest BCUT2D eigenvalue weighted by Crippen LogP contribution is -2.26. The summed E-state index contributed by atoms with van der Waals surface area (Å²) in [5, 5.41) is 3.86. The summed E-state index contributed by atoms with van der Waals surface area (Å²) < 4.78 is 16.3. The Hall–Kier alpha value is -1.95. The topological polar surface area (TPSA) is 63.4 Å². The van der Waals surface area contributed by atoms with Crippen molar-refractivity contribution in [3.05, 3.63) is 47.3 Å². The Kier molecular flexibility index (Phi) is 4.34. The van der Waals surface area contributed by atoms with Crippen LogP contribution in [0, 0.1) is 6.92 Å². The fraction of sp³-hybridized carbons (Fsp3) is 0.286. The predicted molar refractivity (Wildman–Crippen MR) is 75.8 cm³/mol. The number of hydrogen-bond donors (Lipinski definition) is 0. The minimum atomic E-state index is -1.04. The monoisotopic (exact) mass is 292 g/mol. The number of hydrogen-bond acceptors (Lipinski definition) is 4. The van der Waals surface area contributed by atoms with E-state index in [0.717, 1.165) is 5.76 Å². The molecule has 0 N–H and O–H groups in total. The zero-order valence-corrected chi connectivity index (χ0v) is 12.4. The molecule has 0 saturated carbocycles. The van der Waals surface area contributed by atoms with Crippen LogP contribution in [0.4, 0.5) is 0 Å². The summed E-state index contributed by atoms with van der Waals surface area (Å²) in [7, 11) is 0.669. The highest BCUT2D eigenvalue weighted by molar-refractivity contribution is 7.84. The van der Waals surface area contributed by atoms with Gasteiger partial charge in [-0.3, -0.25) is 9.00 Å². The minimum absolute atomic E-state index is 0.112. The Morgan fingerprint density at radius 3 is 2.50 bits per heavy atom. The quantitative estimate of drug-likeness (QED) is 0.864. The fourth-order valence-corrected chi connectivity index (χ4v) is 2.34. The van der Waals surface area contributed by atoms with Crippen molar-refractivity contribution in [3.8, 4) is 0 Å². The lowest BCUT2D eigenvalue weighted by atomic mass is 10.2. The molecule has 0 radical (unpaired) electrons. The molecule has 1 amide bonds. The van der Waals surface area contributed by atoms with Gasteiger partial charge in [-0.25, -0.2) is 0 Å². The second-order valence-electron chi connectivity index (χ2n) is 4.57. The number of rotatable bonds is 4. The van der Waals surface area contributed by atoms with Crippen LogP contribution in [0.3, 0.4) is 0 Å². The zero-order chi connectivity index (χ0) is 14.7. The van der Waals surface area contributed by atoms with Crippen LogP contribution in [0.15, 0.2) is 39.8 Å².